The van der Waals surface area contributed by atoms with Gasteiger partial charge in [0, 0.05) is 18.7 Å². The van der Waals surface area contributed by atoms with Crippen LogP contribution in [-0.2, 0) is 6.54 Å². The Morgan fingerprint density at radius 1 is 1.29 bits per heavy atom. The van der Waals surface area contributed by atoms with E-state index >= 15 is 0 Å². The first-order valence-electron chi connectivity index (χ1n) is 7.67. The largest absolute Gasteiger partial charge is 0.507 e. The van der Waals surface area contributed by atoms with Crippen molar-refractivity contribution >= 4 is 5.78 Å². The van der Waals surface area contributed by atoms with E-state index in [1.54, 1.807) is 0 Å². The second kappa shape index (κ2) is 8.13. The van der Waals surface area contributed by atoms with Gasteiger partial charge in [-0.1, -0.05) is 33.6 Å². The van der Waals surface area contributed by atoms with E-state index in [1.807, 2.05) is 6.92 Å². The van der Waals surface area contributed by atoms with Crippen LogP contribution in [0, 0.1) is 11.7 Å². The molecule has 1 rings (SSSR count). The molecule has 0 aliphatic heterocycles. The molecule has 118 valence electrons. The molecule has 1 aromatic rings. The average Bonchev–Trinajstić information content (AvgIpc) is 2.46. The predicted molar refractivity (Wildman–Crippen MR) is 83.1 cm³/mol. The monoisotopic (exact) mass is 295 g/mol. The van der Waals surface area contributed by atoms with E-state index < -0.39 is 5.82 Å². The molecule has 0 fully saturated rings. The molecule has 0 aliphatic carbocycles. The lowest BCUT2D eigenvalue weighted by Crippen LogP contribution is -2.29. The van der Waals surface area contributed by atoms with Crippen LogP contribution in [0.4, 0.5) is 4.39 Å². The fourth-order valence-corrected chi connectivity index (χ4v) is 2.50. The van der Waals surface area contributed by atoms with Crippen LogP contribution in [0.2, 0.25) is 0 Å². The van der Waals surface area contributed by atoms with Crippen LogP contribution in [0.15, 0.2) is 12.1 Å². The zero-order valence-electron chi connectivity index (χ0n) is 13.4. The summed E-state index contributed by atoms with van der Waals surface area (Å²) in [6, 6.07) is 2.41. The molecule has 0 aromatic heterocycles. The standard InChI is InChI=1S/C17H26FNO2/c1-5-13(6-2)10-19(7-3)11-14-8-15(18)9-16(12(4)20)17(14)21/h8-9,13,21H,5-7,10-11H2,1-4H3. The topological polar surface area (TPSA) is 40.5 Å². The van der Waals surface area contributed by atoms with Gasteiger partial charge < -0.3 is 5.11 Å². The molecule has 1 aromatic carbocycles. The Hall–Kier alpha value is -1.42. The minimum Gasteiger partial charge on any atom is -0.507 e. The van der Waals surface area contributed by atoms with Crippen LogP contribution >= 0.6 is 0 Å². The Balaban J connectivity index is 2.97. The summed E-state index contributed by atoms with van der Waals surface area (Å²) in [6.45, 7) is 9.89. The maximum absolute atomic E-state index is 13.6. The fraction of sp³-hybridized carbons (Fsp3) is 0.588. The highest BCUT2D eigenvalue weighted by Crippen LogP contribution is 2.26. The summed E-state index contributed by atoms with van der Waals surface area (Å²) in [5.74, 6) is -0.303. The maximum atomic E-state index is 13.6. The van der Waals surface area contributed by atoms with Gasteiger partial charge in [0.1, 0.15) is 11.6 Å². The third-order valence-corrected chi connectivity index (χ3v) is 4.05. The number of hydrogen-bond donors (Lipinski definition) is 1. The number of Topliss-reactive ketones (excluding diaryl/α,β-unsaturated/α-hetero) is 1. The number of hydrogen-bond acceptors (Lipinski definition) is 3. The number of carbonyl (C=O) groups excluding carboxylic acids is 1. The van der Waals surface area contributed by atoms with Crippen molar-refractivity contribution in [2.45, 2.75) is 47.1 Å². The second-order valence-corrected chi connectivity index (χ2v) is 5.53. The van der Waals surface area contributed by atoms with Gasteiger partial charge in [-0.3, -0.25) is 9.69 Å². The molecule has 0 saturated carbocycles. The molecule has 0 aliphatic rings. The quantitative estimate of drug-likeness (QED) is 0.737. The summed E-state index contributed by atoms with van der Waals surface area (Å²) in [6.07, 6.45) is 2.20. The molecule has 3 nitrogen and oxygen atoms in total. The Bertz CT molecular complexity index is 484. The highest BCUT2D eigenvalue weighted by atomic mass is 19.1. The Morgan fingerprint density at radius 2 is 1.90 bits per heavy atom. The van der Waals surface area contributed by atoms with E-state index in [-0.39, 0.29) is 17.1 Å². The van der Waals surface area contributed by atoms with Gasteiger partial charge in [0.2, 0.25) is 0 Å². The lowest BCUT2D eigenvalue weighted by Gasteiger charge is -2.25. The first-order valence-corrected chi connectivity index (χ1v) is 7.67. The molecule has 21 heavy (non-hydrogen) atoms. The van der Waals surface area contributed by atoms with Crippen LogP contribution in [0.25, 0.3) is 0 Å². The van der Waals surface area contributed by atoms with E-state index in [2.05, 4.69) is 18.7 Å². The Kier molecular flexibility index (Phi) is 6.82. The summed E-state index contributed by atoms with van der Waals surface area (Å²) in [5, 5.41) is 10.2. The van der Waals surface area contributed by atoms with E-state index in [0.717, 1.165) is 32.0 Å². The number of benzene rings is 1. The van der Waals surface area contributed by atoms with E-state index in [9.17, 15) is 14.3 Å². The smallest absolute Gasteiger partial charge is 0.163 e. The molecule has 0 spiro atoms. The lowest BCUT2D eigenvalue weighted by atomic mass is 10.0. The minimum absolute atomic E-state index is 0.0589. The molecule has 0 radical (unpaired) electrons. The van der Waals surface area contributed by atoms with Crippen LogP contribution in [0.5, 0.6) is 5.75 Å². The highest BCUT2D eigenvalue weighted by Gasteiger charge is 2.17. The van der Waals surface area contributed by atoms with Crippen molar-refractivity contribution in [1.82, 2.24) is 4.90 Å². The van der Waals surface area contributed by atoms with Crippen LogP contribution in [-0.4, -0.2) is 28.9 Å². The van der Waals surface area contributed by atoms with Crippen LogP contribution in [0.3, 0.4) is 0 Å². The van der Waals surface area contributed by atoms with Crippen LogP contribution in [0.1, 0.15) is 56.5 Å². The number of rotatable bonds is 8. The average molecular weight is 295 g/mol. The molecular formula is C17H26FNO2. The third kappa shape index (κ3) is 4.81. The summed E-state index contributed by atoms with van der Waals surface area (Å²) in [4.78, 5) is 13.6. The summed E-state index contributed by atoms with van der Waals surface area (Å²) in [7, 11) is 0. The molecule has 1 N–H and O–H groups in total. The second-order valence-electron chi connectivity index (χ2n) is 5.53. The van der Waals surface area contributed by atoms with E-state index in [1.165, 1.54) is 13.0 Å². The number of phenolic OH excluding ortho intramolecular Hbond substituents is 1. The third-order valence-electron chi connectivity index (χ3n) is 4.05. The van der Waals surface area contributed by atoms with Crippen molar-refractivity contribution in [3.63, 3.8) is 0 Å². The summed E-state index contributed by atoms with van der Waals surface area (Å²) >= 11 is 0. The normalized spacial score (nSPS) is 11.4. The molecule has 0 saturated heterocycles. The van der Waals surface area contributed by atoms with Gasteiger partial charge in [-0.15, -0.1) is 0 Å². The Morgan fingerprint density at radius 3 is 2.38 bits per heavy atom. The number of halogens is 1. The van der Waals surface area contributed by atoms with Gasteiger partial charge in [-0.05, 0) is 31.5 Å². The lowest BCUT2D eigenvalue weighted by molar-refractivity contribution is 0.101. The van der Waals surface area contributed by atoms with Gasteiger partial charge >= 0.3 is 0 Å². The summed E-state index contributed by atoms with van der Waals surface area (Å²) < 4.78 is 13.6. The van der Waals surface area contributed by atoms with E-state index in [0.29, 0.717) is 18.0 Å². The Labute approximate surface area is 126 Å². The molecule has 0 bridgehead atoms. The number of ketones is 1. The van der Waals surface area contributed by atoms with Crippen molar-refractivity contribution in [2.75, 3.05) is 13.1 Å². The molecule has 0 unspecified atom stereocenters. The zero-order valence-corrected chi connectivity index (χ0v) is 13.4. The molecule has 0 amide bonds. The SMILES string of the molecule is CCC(CC)CN(CC)Cc1cc(F)cc(C(C)=O)c1O. The van der Waals surface area contributed by atoms with Crippen LogP contribution < -0.4 is 0 Å². The molecule has 0 heterocycles. The van der Waals surface area contributed by atoms with Gasteiger partial charge in [0.25, 0.3) is 0 Å². The van der Waals surface area contributed by atoms with Gasteiger partial charge in [-0.25, -0.2) is 4.39 Å². The van der Waals surface area contributed by atoms with Gasteiger partial charge in [0.15, 0.2) is 5.78 Å². The van der Waals surface area contributed by atoms with Crippen molar-refractivity contribution in [3.05, 3.63) is 29.1 Å². The highest BCUT2D eigenvalue weighted by molar-refractivity contribution is 5.97. The van der Waals surface area contributed by atoms with Crippen molar-refractivity contribution in [3.8, 4) is 5.75 Å². The fourth-order valence-electron chi connectivity index (χ4n) is 2.50. The summed E-state index contributed by atoms with van der Waals surface area (Å²) in [5.41, 5.74) is 0.539. The van der Waals surface area contributed by atoms with Crippen molar-refractivity contribution < 1.29 is 14.3 Å². The minimum atomic E-state index is -0.480. The molecule has 4 heteroatoms. The molecule has 0 atom stereocenters. The van der Waals surface area contributed by atoms with Crippen molar-refractivity contribution in [2.24, 2.45) is 5.92 Å². The predicted octanol–water partition coefficient (Wildman–Crippen LogP) is 3.99. The van der Waals surface area contributed by atoms with E-state index in [4.69, 9.17) is 0 Å². The molecular weight excluding hydrogens is 269 g/mol. The van der Waals surface area contributed by atoms with Crippen molar-refractivity contribution in [1.29, 1.82) is 0 Å². The number of nitrogens with zero attached hydrogens (tertiary/aromatic N) is 1. The zero-order chi connectivity index (χ0) is 16.0. The first kappa shape index (κ1) is 17.6. The number of aromatic hydroxyl groups is 1. The number of phenols is 1. The van der Waals surface area contributed by atoms with Gasteiger partial charge in [-0.2, -0.15) is 0 Å². The number of carbonyl (C=O) groups is 1. The maximum Gasteiger partial charge on any atom is 0.163 e. The first-order chi connectivity index (χ1) is 9.92. The van der Waals surface area contributed by atoms with Gasteiger partial charge in [0.05, 0.1) is 5.56 Å².